The lowest BCUT2D eigenvalue weighted by Crippen LogP contribution is -2.13. The molecule has 0 amide bonds. The van der Waals surface area contributed by atoms with E-state index in [-0.39, 0.29) is 17.2 Å². The van der Waals surface area contributed by atoms with Crippen LogP contribution in [0.15, 0.2) is 48.5 Å². The second-order valence-electron chi connectivity index (χ2n) is 6.41. The van der Waals surface area contributed by atoms with Crippen molar-refractivity contribution in [3.63, 3.8) is 0 Å². The van der Waals surface area contributed by atoms with Crippen LogP contribution in [0.25, 0.3) is 0 Å². The highest BCUT2D eigenvalue weighted by molar-refractivity contribution is 6.16. The van der Waals surface area contributed by atoms with Crippen molar-refractivity contribution in [2.45, 2.75) is 20.3 Å². The van der Waals surface area contributed by atoms with E-state index in [0.717, 1.165) is 11.1 Å². The molecule has 0 bridgehead atoms. The molecule has 0 aliphatic heterocycles. The molecule has 0 atom stereocenters. The number of hydrogen-bond donors (Lipinski definition) is 1. The van der Waals surface area contributed by atoms with E-state index in [1.54, 1.807) is 38.1 Å². The number of methoxy groups -OCH3 is 1. The molecule has 0 aliphatic carbocycles. The van der Waals surface area contributed by atoms with Crippen molar-refractivity contribution < 1.29 is 18.7 Å². The van der Waals surface area contributed by atoms with Crippen LogP contribution in [-0.2, 0) is 11.2 Å². The van der Waals surface area contributed by atoms with Crippen LogP contribution in [0, 0.1) is 19.7 Å². The molecular formula is C22H20FNO3. The van der Waals surface area contributed by atoms with E-state index in [2.05, 4.69) is 4.98 Å². The molecule has 3 rings (SSSR count). The number of nitrogens with one attached hydrogen (secondary N) is 1. The molecule has 138 valence electrons. The lowest BCUT2D eigenvalue weighted by molar-refractivity contribution is 0.0597. The van der Waals surface area contributed by atoms with E-state index in [4.69, 9.17) is 4.74 Å². The Morgan fingerprint density at radius 1 is 0.963 bits per heavy atom. The first-order valence-corrected chi connectivity index (χ1v) is 8.57. The second kappa shape index (κ2) is 7.58. The Morgan fingerprint density at radius 2 is 1.59 bits per heavy atom. The number of carbonyl (C=O) groups is 2. The van der Waals surface area contributed by atoms with Crippen LogP contribution in [0.2, 0.25) is 0 Å². The monoisotopic (exact) mass is 365 g/mol. The van der Waals surface area contributed by atoms with Gasteiger partial charge in [0.2, 0.25) is 0 Å². The summed E-state index contributed by atoms with van der Waals surface area (Å²) in [4.78, 5) is 28.5. The van der Waals surface area contributed by atoms with Gasteiger partial charge in [0.15, 0.2) is 5.78 Å². The summed E-state index contributed by atoms with van der Waals surface area (Å²) in [6.07, 6.45) is 0.484. The number of aromatic nitrogens is 1. The Hall–Kier alpha value is -3.21. The summed E-state index contributed by atoms with van der Waals surface area (Å²) < 4.78 is 18.0. The Balaban J connectivity index is 2.04. The van der Waals surface area contributed by atoms with Gasteiger partial charge in [-0.25, -0.2) is 9.18 Å². The van der Waals surface area contributed by atoms with Gasteiger partial charge in [0, 0.05) is 17.0 Å². The minimum Gasteiger partial charge on any atom is -0.465 e. The number of rotatable bonds is 5. The minimum absolute atomic E-state index is 0.241. The topological polar surface area (TPSA) is 59.2 Å². The van der Waals surface area contributed by atoms with E-state index in [0.29, 0.717) is 28.9 Å². The lowest BCUT2D eigenvalue weighted by atomic mass is 9.92. The quantitative estimate of drug-likeness (QED) is 0.539. The summed E-state index contributed by atoms with van der Waals surface area (Å²) in [6.45, 7) is 3.50. The summed E-state index contributed by atoms with van der Waals surface area (Å²) in [6, 6.07) is 13.4. The van der Waals surface area contributed by atoms with Crippen LogP contribution in [0.3, 0.4) is 0 Å². The molecule has 2 aromatic carbocycles. The number of aromatic amines is 1. The van der Waals surface area contributed by atoms with Gasteiger partial charge < -0.3 is 9.72 Å². The summed E-state index contributed by atoms with van der Waals surface area (Å²) in [5.41, 5.74) is 4.01. The Morgan fingerprint density at radius 3 is 2.26 bits per heavy atom. The lowest BCUT2D eigenvalue weighted by Gasteiger charge is -2.10. The third-order valence-corrected chi connectivity index (χ3v) is 4.56. The van der Waals surface area contributed by atoms with Gasteiger partial charge in [-0.3, -0.25) is 4.79 Å². The van der Waals surface area contributed by atoms with Gasteiger partial charge in [0.25, 0.3) is 0 Å². The highest BCUT2D eigenvalue weighted by Crippen LogP contribution is 2.25. The molecule has 27 heavy (non-hydrogen) atoms. The Kier molecular flexibility index (Phi) is 5.21. The molecule has 3 aromatic rings. The molecule has 0 aliphatic rings. The first-order chi connectivity index (χ1) is 12.9. The van der Waals surface area contributed by atoms with Crippen molar-refractivity contribution in [2.24, 2.45) is 0 Å². The highest BCUT2D eigenvalue weighted by atomic mass is 19.1. The van der Waals surface area contributed by atoms with Gasteiger partial charge in [-0.2, -0.15) is 0 Å². The summed E-state index contributed by atoms with van der Waals surface area (Å²) >= 11 is 0. The predicted molar refractivity (Wildman–Crippen MR) is 101 cm³/mol. The fraction of sp³-hybridized carbons (Fsp3) is 0.182. The normalized spacial score (nSPS) is 10.7. The number of ketones is 1. The largest absolute Gasteiger partial charge is 0.465 e. The van der Waals surface area contributed by atoms with Gasteiger partial charge >= 0.3 is 5.97 Å². The molecule has 5 heteroatoms. The van der Waals surface area contributed by atoms with Crippen LogP contribution in [-0.4, -0.2) is 23.8 Å². The Bertz CT molecular complexity index is 1000. The first-order valence-electron chi connectivity index (χ1n) is 8.57. The number of aryl methyl sites for hydroxylation is 2. The van der Waals surface area contributed by atoms with Crippen molar-refractivity contribution in [3.05, 3.63) is 93.6 Å². The van der Waals surface area contributed by atoms with E-state index in [1.165, 1.54) is 19.2 Å². The molecule has 0 saturated heterocycles. The maximum Gasteiger partial charge on any atom is 0.340 e. The highest BCUT2D eigenvalue weighted by Gasteiger charge is 2.26. The van der Waals surface area contributed by atoms with Crippen LogP contribution in [0.4, 0.5) is 4.39 Å². The predicted octanol–water partition coefficient (Wildman–Crippen LogP) is 4.38. The number of H-pyrrole nitrogens is 1. The minimum atomic E-state index is -0.545. The molecule has 0 fully saturated rings. The van der Waals surface area contributed by atoms with Crippen molar-refractivity contribution in [2.75, 3.05) is 7.11 Å². The van der Waals surface area contributed by atoms with Gasteiger partial charge in [0.1, 0.15) is 5.82 Å². The number of esters is 1. The van der Waals surface area contributed by atoms with E-state index >= 15 is 0 Å². The number of carbonyl (C=O) groups excluding carboxylic acids is 2. The van der Waals surface area contributed by atoms with Crippen molar-refractivity contribution in [1.82, 2.24) is 4.98 Å². The van der Waals surface area contributed by atoms with Crippen LogP contribution in [0.1, 0.15) is 48.8 Å². The standard InChI is InChI=1S/C22H20FNO3/c1-13-19(20(14(2)24-13)22(26)27-3)21(25)18-7-5-4-6-16(18)12-15-8-10-17(23)11-9-15/h4-11,24H,12H2,1-3H3. The maximum absolute atomic E-state index is 13.3. The Labute approximate surface area is 157 Å². The average Bonchev–Trinajstić information content (AvgIpc) is 2.96. The molecule has 0 radical (unpaired) electrons. The van der Waals surface area contributed by atoms with Gasteiger partial charge in [-0.1, -0.05) is 36.4 Å². The molecule has 1 aromatic heterocycles. The van der Waals surface area contributed by atoms with Gasteiger partial charge in [0.05, 0.1) is 18.2 Å². The maximum atomic E-state index is 13.3. The molecule has 1 heterocycles. The third-order valence-electron chi connectivity index (χ3n) is 4.56. The van der Waals surface area contributed by atoms with Crippen molar-refractivity contribution in [3.8, 4) is 0 Å². The molecule has 0 unspecified atom stereocenters. The summed E-state index contributed by atoms with van der Waals surface area (Å²) in [7, 11) is 1.29. The fourth-order valence-corrected chi connectivity index (χ4v) is 3.28. The van der Waals surface area contributed by atoms with E-state index < -0.39 is 5.97 Å². The zero-order chi connectivity index (χ0) is 19.6. The average molecular weight is 365 g/mol. The SMILES string of the molecule is COC(=O)c1c(C)[nH]c(C)c1C(=O)c1ccccc1Cc1ccc(F)cc1. The zero-order valence-electron chi connectivity index (χ0n) is 15.4. The number of hydrogen-bond acceptors (Lipinski definition) is 3. The van der Waals surface area contributed by atoms with Crippen LogP contribution < -0.4 is 0 Å². The smallest absolute Gasteiger partial charge is 0.340 e. The fourth-order valence-electron chi connectivity index (χ4n) is 3.28. The summed E-state index contributed by atoms with van der Waals surface area (Å²) in [5, 5.41) is 0. The second-order valence-corrected chi connectivity index (χ2v) is 6.41. The van der Waals surface area contributed by atoms with E-state index in [1.807, 2.05) is 12.1 Å². The van der Waals surface area contributed by atoms with Crippen molar-refractivity contribution >= 4 is 11.8 Å². The number of halogens is 1. The molecular weight excluding hydrogens is 345 g/mol. The molecule has 4 nitrogen and oxygen atoms in total. The number of ether oxygens (including phenoxy) is 1. The molecule has 0 saturated carbocycles. The van der Waals surface area contributed by atoms with Crippen molar-refractivity contribution in [1.29, 1.82) is 0 Å². The first kappa shape index (κ1) is 18.6. The van der Waals surface area contributed by atoms with E-state index in [9.17, 15) is 14.0 Å². The van der Waals surface area contributed by atoms with Gasteiger partial charge in [-0.15, -0.1) is 0 Å². The molecule has 0 spiro atoms. The third kappa shape index (κ3) is 3.67. The zero-order valence-corrected chi connectivity index (χ0v) is 15.4. The number of benzene rings is 2. The van der Waals surface area contributed by atoms with Crippen LogP contribution in [0.5, 0.6) is 0 Å². The summed E-state index contributed by atoms with van der Waals surface area (Å²) in [5.74, 6) is -1.09. The van der Waals surface area contributed by atoms with Gasteiger partial charge in [-0.05, 0) is 43.5 Å². The van der Waals surface area contributed by atoms with Crippen LogP contribution >= 0.6 is 0 Å². The molecule has 1 N–H and O–H groups in total.